The molecule has 0 amide bonds. The Morgan fingerprint density at radius 1 is 1.15 bits per heavy atom. The maximum Gasteiger partial charge on any atom is 0.332 e. The smallest absolute Gasteiger partial charge is 0.267 e. The van der Waals surface area contributed by atoms with Crippen LogP contribution in [0.3, 0.4) is 0 Å². The topological polar surface area (TPSA) is 69.2 Å². The molecule has 0 fully saturated rings. The molecule has 20 heavy (non-hydrogen) atoms. The Bertz CT molecular complexity index is 777. The van der Waals surface area contributed by atoms with E-state index in [1.807, 2.05) is 0 Å². The molecule has 5 nitrogen and oxygen atoms in total. The van der Waals surface area contributed by atoms with Gasteiger partial charge in [-0.05, 0) is 36.3 Å². The summed E-state index contributed by atoms with van der Waals surface area (Å²) in [6.07, 6.45) is 1.27. The second-order valence-corrected chi connectivity index (χ2v) is 5.21. The number of nitrogens with zero attached hydrogens (tertiary/aromatic N) is 2. The van der Waals surface area contributed by atoms with Crippen LogP contribution in [0.5, 0.6) is 0 Å². The van der Waals surface area contributed by atoms with Gasteiger partial charge in [-0.25, -0.2) is 14.4 Å². The van der Waals surface area contributed by atoms with Gasteiger partial charge in [0.1, 0.15) is 11.5 Å². The second-order valence-electron chi connectivity index (χ2n) is 3.60. The summed E-state index contributed by atoms with van der Waals surface area (Å²) >= 11 is 0. The average molecular weight is 292 g/mol. The van der Waals surface area contributed by atoms with Crippen LogP contribution in [0, 0.1) is 17.7 Å². The van der Waals surface area contributed by atoms with Gasteiger partial charge in [-0.1, -0.05) is 5.92 Å². The van der Waals surface area contributed by atoms with Gasteiger partial charge in [0.25, 0.3) is 5.16 Å². The molecule has 7 heteroatoms. The summed E-state index contributed by atoms with van der Waals surface area (Å²) in [5, 5.41) is -0.453. The van der Waals surface area contributed by atoms with Gasteiger partial charge < -0.3 is 0 Å². The Hall–Kier alpha value is -2.30. The van der Waals surface area contributed by atoms with E-state index in [4.69, 9.17) is 0 Å². The van der Waals surface area contributed by atoms with E-state index in [1.165, 1.54) is 36.5 Å². The molecule has 0 aliphatic heterocycles. The van der Waals surface area contributed by atoms with Crippen LogP contribution in [-0.2, 0) is 14.3 Å². The largest absolute Gasteiger partial charge is 0.332 e. The summed E-state index contributed by atoms with van der Waals surface area (Å²) in [6, 6.07) is 7.05. The highest BCUT2D eigenvalue weighted by Gasteiger charge is 2.16. The van der Waals surface area contributed by atoms with Crippen molar-refractivity contribution < 1.29 is 17.0 Å². The van der Waals surface area contributed by atoms with E-state index in [0.29, 0.717) is 5.56 Å². The minimum Gasteiger partial charge on any atom is -0.267 e. The van der Waals surface area contributed by atoms with Crippen LogP contribution in [-0.4, -0.2) is 25.5 Å². The van der Waals surface area contributed by atoms with Gasteiger partial charge in [0, 0.05) is 11.8 Å². The molecular formula is C13H9FN2O3S. The van der Waals surface area contributed by atoms with Crippen LogP contribution in [0.15, 0.2) is 41.7 Å². The summed E-state index contributed by atoms with van der Waals surface area (Å²) in [5.41, 5.74) is 0.807. The molecule has 0 aliphatic rings. The lowest BCUT2D eigenvalue weighted by atomic mass is 10.2. The van der Waals surface area contributed by atoms with E-state index in [0.717, 1.165) is 7.11 Å². The Kier molecular flexibility index (Phi) is 4.08. The summed E-state index contributed by atoms with van der Waals surface area (Å²) < 4.78 is 39.9. The summed E-state index contributed by atoms with van der Waals surface area (Å²) in [7, 11) is -2.93. The van der Waals surface area contributed by atoms with Crippen molar-refractivity contribution in [3.05, 3.63) is 53.6 Å². The van der Waals surface area contributed by atoms with Crippen molar-refractivity contribution in [2.45, 2.75) is 5.16 Å². The standard InChI is InChI=1S/C13H9FN2O3S/c1-19-20(17,18)13-15-9-8-12(16-13)7-4-10-2-5-11(14)6-3-10/h2-3,5-6,8-9H,1H3. The number of halogens is 1. The number of aromatic nitrogens is 2. The molecule has 0 unspecified atom stereocenters. The molecule has 0 aliphatic carbocycles. The van der Waals surface area contributed by atoms with Crippen molar-refractivity contribution in [1.29, 1.82) is 0 Å². The predicted octanol–water partition coefficient (Wildman–Crippen LogP) is 1.35. The molecular weight excluding hydrogens is 283 g/mol. The maximum atomic E-state index is 12.7. The minimum atomic E-state index is -3.95. The zero-order valence-electron chi connectivity index (χ0n) is 10.4. The molecule has 0 spiro atoms. The van der Waals surface area contributed by atoms with E-state index < -0.39 is 15.3 Å². The van der Waals surface area contributed by atoms with E-state index in [-0.39, 0.29) is 11.5 Å². The Morgan fingerprint density at radius 2 is 1.85 bits per heavy atom. The third kappa shape index (κ3) is 3.38. The first kappa shape index (κ1) is 14.1. The van der Waals surface area contributed by atoms with Gasteiger partial charge in [-0.15, -0.1) is 0 Å². The van der Waals surface area contributed by atoms with E-state index in [2.05, 4.69) is 26.0 Å². The average Bonchev–Trinajstić information content (AvgIpc) is 2.47. The predicted molar refractivity (Wildman–Crippen MR) is 68.6 cm³/mol. The zero-order chi connectivity index (χ0) is 14.6. The second kappa shape index (κ2) is 5.77. The van der Waals surface area contributed by atoms with Gasteiger partial charge in [0.05, 0.1) is 7.11 Å². The molecule has 2 aromatic rings. The third-order valence-electron chi connectivity index (χ3n) is 2.26. The fraction of sp³-hybridized carbons (Fsp3) is 0.0769. The molecule has 102 valence electrons. The van der Waals surface area contributed by atoms with E-state index in [1.54, 1.807) is 0 Å². The normalized spacial score (nSPS) is 10.7. The molecule has 0 N–H and O–H groups in total. The SMILES string of the molecule is COS(=O)(=O)c1nccc(C#Cc2ccc(F)cc2)n1. The summed E-state index contributed by atoms with van der Waals surface area (Å²) in [5.74, 6) is 5.06. The first-order valence-corrected chi connectivity index (χ1v) is 6.83. The van der Waals surface area contributed by atoms with Crippen LogP contribution in [0.1, 0.15) is 11.3 Å². The van der Waals surface area contributed by atoms with Gasteiger partial charge in [-0.2, -0.15) is 8.42 Å². The molecule has 1 heterocycles. The van der Waals surface area contributed by atoms with Crippen molar-refractivity contribution in [3.8, 4) is 11.8 Å². The minimum absolute atomic E-state index is 0.222. The van der Waals surface area contributed by atoms with E-state index in [9.17, 15) is 12.8 Å². The lowest BCUT2D eigenvalue weighted by Crippen LogP contribution is -2.08. The van der Waals surface area contributed by atoms with E-state index >= 15 is 0 Å². The Labute approximate surface area is 115 Å². The van der Waals surface area contributed by atoms with Crippen molar-refractivity contribution in [2.75, 3.05) is 7.11 Å². The molecule has 1 aromatic heterocycles. The highest BCUT2D eigenvalue weighted by Crippen LogP contribution is 2.05. The molecule has 2 rings (SSSR count). The van der Waals surface area contributed by atoms with Crippen molar-refractivity contribution in [3.63, 3.8) is 0 Å². The van der Waals surface area contributed by atoms with Crippen LogP contribution in [0.25, 0.3) is 0 Å². The molecule has 0 saturated heterocycles. The van der Waals surface area contributed by atoms with Gasteiger partial charge in [-0.3, -0.25) is 4.18 Å². The fourth-order valence-electron chi connectivity index (χ4n) is 1.27. The van der Waals surface area contributed by atoms with Crippen molar-refractivity contribution >= 4 is 10.1 Å². The number of rotatable bonds is 2. The van der Waals surface area contributed by atoms with Gasteiger partial charge >= 0.3 is 10.1 Å². The zero-order valence-corrected chi connectivity index (χ0v) is 11.2. The molecule has 0 radical (unpaired) electrons. The Balaban J connectivity index is 2.32. The Morgan fingerprint density at radius 3 is 2.50 bits per heavy atom. The highest BCUT2D eigenvalue weighted by molar-refractivity contribution is 7.86. The number of hydrogen-bond acceptors (Lipinski definition) is 5. The summed E-state index contributed by atoms with van der Waals surface area (Å²) in [4.78, 5) is 7.38. The molecule has 0 atom stereocenters. The molecule has 0 bridgehead atoms. The lowest BCUT2D eigenvalue weighted by molar-refractivity contribution is 0.391. The monoisotopic (exact) mass is 292 g/mol. The van der Waals surface area contributed by atoms with Gasteiger partial charge in [0.15, 0.2) is 0 Å². The third-order valence-corrected chi connectivity index (χ3v) is 3.34. The first-order chi connectivity index (χ1) is 9.51. The number of benzene rings is 1. The molecule has 1 aromatic carbocycles. The van der Waals surface area contributed by atoms with Crippen molar-refractivity contribution in [2.24, 2.45) is 0 Å². The maximum absolute atomic E-state index is 12.7. The van der Waals surface area contributed by atoms with Crippen molar-refractivity contribution in [1.82, 2.24) is 9.97 Å². The number of hydrogen-bond donors (Lipinski definition) is 0. The van der Waals surface area contributed by atoms with Gasteiger partial charge in [0.2, 0.25) is 0 Å². The molecule has 0 saturated carbocycles. The first-order valence-electron chi connectivity index (χ1n) is 5.42. The fourth-order valence-corrected chi connectivity index (χ4v) is 1.82. The quantitative estimate of drug-likeness (QED) is 0.475. The highest BCUT2D eigenvalue weighted by atomic mass is 32.2. The summed E-state index contributed by atoms with van der Waals surface area (Å²) in [6.45, 7) is 0. The van der Waals surface area contributed by atoms with Crippen LogP contribution < -0.4 is 0 Å². The van der Waals surface area contributed by atoms with Crippen LogP contribution in [0.2, 0.25) is 0 Å². The lowest BCUT2D eigenvalue weighted by Gasteiger charge is -1.98. The van der Waals surface area contributed by atoms with Crippen LogP contribution >= 0.6 is 0 Å². The van der Waals surface area contributed by atoms with Crippen LogP contribution in [0.4, 0.5) is 4.39 Å².